The maximum Gasteiger partial charge on any atom is 0.0851 e. The van der Waals surface area contributed by atoms with Crippen LogP contribution in [0.3, 0.4) is 0 Å². The first-order chi connectivity index (χ1) is 3.21. The van der Waals surface area contributed by atoms with E-state index in [1.165, 1.54) is 5.37 Å². The van der Waals surface area contributed by atoms with Gasteiger partial charge in [-0.3, -0.25) is 0 Å². The van der Waals surface area contributed by atoms with Crippen molar-refractivity contribution in [1.82, 2.24) is 0 Å². The predicted octanol–water partition coefficient (Wildman–Crippen LogP) is 0.116. The zero-order valence-electron chi connectivity index (χ0n) is 3.70. The van der Waals surface area contributed by atoms with Crippen molar-refractivity contribution in [3.8, 4) is 0 Å². The van der Waals surface area contributed by atoms with Crippen LogP contribution in [0.15, 0.2) is 12.2 Å². The lowest BCUT2D eigenvalue weighted by Gasteiger charge is -1.87. The SMILES string of the molecule is O=S1(O)=CC=CC1. The Morgan fingerprint density at radius 2 is 2.43 bits per heavy atom. The van der Waals surface area contributed by atoms with E-state index in [1.807, 2.05) is 0 Å². The van der Waals surface area contributed by atoms with Crippen LogP contribution in [-0.4, -0.2) is 19.9 Å². The number of rotatable bonds is 0. The van der Waals surface area contributed by atoms with Gasteiger partial charge in [0.2, 0.25) is 0 Å². The molecule has 0 aromatic rings. The first kappa shape index (κ1) is 4.87. The fourth-order valence-corrected chi connectivity index (χ4v) is 1.28. The normalized spacial score (nSPS) is 38.4. The molecule has 7 heavy (non-hydrogen) atoms. The van der Waals surface area contributed by atoms with E-state index in [9.17, 15) is 4.21 Å². The average Bonchev–Trinajstić information content (AvgIpc) is 1.84. The molecule has 3 heteroatoms. The molecule has 1 unspecified atom stereocenters. The standard InChI is InChI=1S/C4H6O2S/c5-7(6)3-1-2-4-7/h1-3H,4H2,(H,5,6). The quantitative estimate of drug-likeness (QED) is 0.458. The summed E-state index contributed by atoms with van der Waals surface area (Å²) in [7, 11) is -2.53. The molecular weight excluding hydrogens is 112 g/mol. The van der Waals surface area contributed by atoms with Gasteiger partial charge in [-0.25, -0.2) is 4.21 Å². The summed E-state index contributed by atoms with van der Waals surface area (Å²) in [5.41, 5.74) is 0. The summed E-state index contributed by atoms with van der Waals surface area (Å²) in [6, 6.07) is 0. The van der Waals surface area contributed by atoms with Gasteiger partial charge >= 0.3 is 0 Å². The van der Waals surface area contributed by atoms with Crippen molar-refractivity contribution in [2.75, 3.05) is 5.75 Å². The third-order valence-electron chi connectivity index (χ3n) is 0.762. The fourth-order valence-electron chi connectivity index (χ4n) is 0.427. The highest BCUT2D eigenvalue weighted by molar-refractivity contribution is 7.96. The molecule has 0 saturated heterocycles. The van der Waals surface area contributed by atoms with Crippen LogP contribution in [0.2, 0.25) is 0 Å². The molecule has 0 radical (unpaired) electrons. The van der Waals surface area contributed by atoms with Crippen LogP contribution >= 0.6 is 0 Å². The lowest BCUT2D eigenvalue weighted by Crippen LogP contribution is -1.98. The molecule has 0 fully saturated rings. The molecule has 1 N–H and O–H groups in total. The van der Waals surface area contributed by atoms with Gasteiger partial charge in [0.1, 0.15) is 0 Å². The van der Waals surface area contributed by atoms with Gasteiger partial charge in [-0.05, 0) is 0 Å². The second-order valence-electron chi connectivity index (χ2n) is 1.42. The Kier molecular flexibility index (Phi) is 0.938. The predicted molar refractivity (Wildman–Crippen MR) is 30.8 cm³/mol. The highest BCUT2D eigenvalue weighted by Crippen LogP contribution is 1.92. The minimum absolute atomic E-state index is 0.299. The van der Waals surface area contributed by atoms with E-state index in [4.69, 9.17) is 4.55 Å². The molecule has 1 heterocycles. The molecule has 1 atom stereocenters. The second-order valence-corrected chi connectivity index (χ2v) is 3.41. The first-order valence-corrected chi connectivity index (χ1v) is 3.70. The van der Waals surface area contributed by atoms with Gasteiger partial charge in [-0.2, -0.15) is 0 Å². The summed E-state index contributed by atoms with van der Waals surface area (Å²) in [4.78, 5) is 0. The van der Waals surface area contributed by atoms with Crippen molar-refractivity contribution in [3.05, 3.63) is 12.2 Å². The average molecular weight is 118 g/mol. The molecule has 0 aromatic carbocycles. The fraction of sp³-hybridized carbons (Fsp3) is 0.250. The van der Waals surface area contributed by atoms with E-state index in [2.05, 4.69) is 0 Å². The smallest absolute Gasteiger partial charge is 0.0851 e. The van der Waals surface area contributed by atoms with Crippen molar-refractivity contribution >= 4 is 15.2 Å². The molecule has 0 aromatic heterocycles. The van der Waals surface area contributed by atoms with E-state index in [0.29, 0.717) is 5.75 Å². The molecule has 1 rings (SSSR count). The largest absolute Gasteiger partial charge is 0.313 e. The van der Waals surface area contributed by atoms with Gasteiger partial charge in [0, 0.05) is 5.37 Å². The van der Waals surface area contributed by atoms with E-state index in [0.717, 1.165) is 0 Å². The highest BCUT2D eigenvalue weighted by atomic mass is 32.2. The van der Waals surface area contributed by atoms with Gasteiger partial charge in [0.15, 0.2) is 0 Å². The number of hydrogen-bond acceptors (Lipinski definition) is 1. The summed E-state index contributed by atoms with van der Waals surface area (Å²) in [6.07, 6.45) is 3.30. The monoisotopic (exact) mass is 118 g/mol. The Morgan fingerprint density at radius 3 is 2.57 bits per heavy atom. The summed E-state index contributed by atoms with van der Waals surface area (Å²) < 4.78 is 19.0. The van der Waals surface area contributed by atoms with Crippen LogP contribution in [0.4, 0.5) is 0 Å². The Hall–Kier alpha value is -0.280. The second kappa shape index (κ2) is 1.35. The van der Waals surface area contributed by atoms with Crippen LogP contribution in [-0.2, 0) is 9.80 Å². The van der Waals surface area contributed by atoms with E-state index in [-0.39, 0.29) is 0 Å². The Balaban J connectivity index is 3.02. The van der Waals surface area contributed by atoms with Gasteiger partial charge in [0.25, 0.3) is 0 Å². The van der Waals surface area contributed by atoms with Crippen molar-refractivity contribution in [2.45, 2.75) is 0 Å². The number of hydrogen-bond donors (Lipinski definition) is 1. The molecule has 1 aliphatic rings. The topological polar surface area (TPSA) is 37.3 Å². The van der Waals surface area contributed by atoms with Gasteiger partial charge < -0.3 is 4.55 Å². The molecule has 40 valence electrons. The third kappa shape index (κ3) is 1.04. The Bertz CT molecular complexity index is 196. The summed E-state index contributed by atoms with van der Waals surface area (Å²) in [5, 5.41) is 1.33. The van der Waals surface area contributed by atoms with Gasteiger partial charge in [-0.15, -0.1) is 0 Å². The van der Waals surface area contributed by atoms with Crippen LogP contribution < -0.4 is 0 Å². The molecule has 0 aliphatic carbocycles. The minimum Gasteiger partial charge on any atom is -0.313 e. The lowest BCUT2D eigenvalue weighted by atomic mass is 10.6. The summed E-state index contributed by atoms with van der Waals surface area (Å²) in [5.74, 6) is 0.299. The van der Waals surface area contributed by atoms with Crippen molar-refractivity contribution < 1.29 is 8.76 Å². The minimum atomic E-state index is -2.53. The molecule has 0 spiro atoms. The number of allylic oxidation sites excluding steroid dienone is 1. The molecule has 2 nitrogen and oxygen atoms in total. The molecule has 0 saturated carbocycles. The van der Waals surface area contributed by atoms with Crippen molar-refractivity contribution in [1.29, 1.82) is 0 Å². The summed E-state index contributed by atoms with van der Waals surface area (Å²) >= 11 is 0. The highest BCUT2D eigenvalue weighted by Gasteiger charge is 1.99. The maximum absolute atomic E-state index is 10.4. The molecular formula is C4H6O2S. The van der Waals surface area contributed by atoms with E-state index < -0.39 is 9.80 Å². The van der Waals surface area contributed by atoms with Crippen molar-refractivity contribution in [2.24, 2.45) is 0 Å². The van der Waals surface area contributed by atoms with E-state index in [1.54, 1.807) is 12.2 Å². The van der Waals surface area contributed by atoms with E-state index >= 15 is 0 Å². The lowest BCUT2D eigenvalue weighted by molar-refractivity contribution is 0.564. The zero-order chi connectivity index (χ0) is 5.33. The Labute approximate surface area is 42.7 Å². The van der Waals surface area contributed by atoms with Crippen LogP contribution in [0.25, 0.3) is 0 Å². The zero-order valence-corrected chi connectivity index (χ0v) is 4.52. The Morgan fingerprint density at radius 1 is 1.71 bits per heavy atom. The van der Waals surface area contributed by atoms with Crippen LogP contribution in [0.1, 0.15) is 0 Å². The molecule has 1 aliphatic heterocycles. The maximum atomic E-state index is 10.4. The molecule has 0 bridgehead atoms. The first-order valence-electron chi connectivity index (χ1n) is 1.95. The van der Waals surface area contributed by atoms with Crippen LogP contribution in [0, 0.1) is 0 Å². The van der Waals surface area contributed by atoms with Crippen LogP contribution in [0.5, 0.6) is 0 Å². The summed E-state index contributed by atoms with van der Waals surface area (Å²) in [6.45, 7) is 0. The van der Waals surface area contributed by atoms with Gasteiger partial charge in [-0.1, -0.05) is 12.2 Å². The molecule has 0 amide bonds. The third-order valence-corrected chi connectivity index (χ3v) is 2.01. The van der Waals surface area contributed by atoms with Crippen molar-refractivity contribution in [3.63, 3.8) is 0 Å². The van der Waals surface area contributed by atoms with Gasteiger partial charge in [0.05, 0.1) is 15.6 Å².